The molecule has 0 radical (unpaired) electrons. The lowest BCUT2D eigenvalue weighted by atomic mass is 10.3. The minimum absolute atomic E-state index is 0.0882. The van der Waals surface area contributed by atoms with Crippen LogP contribution >= 0.6 is 0 Å². The van der Waals surface area contributed by atoms with Gasteiger partial charge in [-0.25, -0.2) is 8.42 Å². The lowest BCUT2D eigenvalue weighted by Crippen LogP contribution is -2.44. The third-order valence-electron chi connectivity index (χ3n) is 2.95. The molecule has 6 nitrogen and oxygen atoms in total. The van der Waals surface area contributed by atoms with Crippen LogP contribution in [-0.2, 0) is 21.3 Å². The number of hydrogen-bond acceptors (Lipinski definition) is 5. The maximum atomic E-state index is 12.5. The first-order valence-electron chi connectivity index (χ1n) is 5.86. The lowest BCUT2D eigenvalue weighted by molar-refractivity contribution is 0.0101. The molecule has 1 aromatic heterocycles. The summed E-state index contributed by atoms with van der Waals surface area (Å²) in [7, 11) is -3.51. The molecule has 1 saturated heterocycles. The van der Waals surface area contributed by atoms with Gasteiger partial charge < -0.3 is 14.9 Å². The van der Waals surface area contributed by atoms with E-state index in [0.717, 1.165) is 0 Å². The third-order valence-corrected chi connectivity index (χ3v) is 4.92. The van der Waals surface area contributed by atoms with Gasteiger partial charge in [-0.05, 0) is 13.8 Å². The van der Waals surface area contributed by atoms with E-state index in [1.807, 2.05) is 6.92 Å². The molecular formula is C11H18N2O4S. The predicted octanol–water partition coefficient (Wildman–Crippen LogP) is 0.456. The van der Waals surface area contributed by atoms with Gasteiger partial charge in [0, 0.05) is 19.2 Å². The van der Waals surface area contributed by atoms with E-state index in [0.29, 0.717) is 31.2 Å². The molecule has 0 aliphatic carbocycles. The van der Waals surface area contributed by atoms with Crippen molar-refractivity contribution in [2.75, 3.05) is 19.7 Å². The number of ether oxygens (including phenoxy) is 1. The van der Waals surface area contributed by atoms with Gasteiger partial charge in [-0.3, -0.25) is 0 Å². The molecule has 0 amide bonds. The molecule has 18 heavy (non-hydrogen) atoms. The molecule has 2 heterocycles. The minimum Gasteiger partial charge on any atom is -0.464 e. The normalized spacial score (nSPS) is 22.3. The number of nitrogens with two attached hydrogens (primary N) is 1. The average Bonchev–Trinajstić information content (AvgIpc) is 2.71. The molecular weight excluding hydrogens is 256 g/mol. The molecule has 0 aromatic carbocycles. The van der Waals surface area contributed by atoms with E-state index in [-0.39, 0.29) is 17.5 Å². The van der Waals surface area contributed by atoms with Gasteiger partial charge in [0.1, 0.15) is 16.4 Å². The maximum Gasteiger partial charge on any atom is 0.246 e. The highest BCUT2D eigenvalue weighted by Gasteiger charge is 2.31. The number of aryl methyl sites for hydroxylation is 1. The summed E-state index contributed by atoms with van der Waals surface area (Å²) in [6, 6.07) is 1.50. The summed E-state index contributed by atoms with van der Waals surface area (Å²) in [6.45, 7) is 4.84. The van der Waals surface area contributed by atoms with E-state index in [1.54, 1.807) is 6.92 Å². The Morgan fingerprint density at radius 2 is 2.28 bits per heavy atom. The first-order valence-corrected chi connectivity index (χ1v) is 7.30. The molecule has 1 atom stereocenters. The van der Waals surface area contributed by atoms with Crippen molar-refractivity contribution in [3.63, 3.8) is 0 Å². The molecule has 0 saturated carbocycles. The highest BCUT2D eigenvalue weighted by atomic mass is 32.2. The van der Waals surface area contributed by atoms with Crippen molar-refractivity contribution >= 4 is 10.0 Å². The van der Waals surface area contributed by atoms with Gasteiger partial charge in [0.2, 0.25) is 10.0 Å². The van der Waals surface area contributed by atoms with Crippen molar-refractivity contribution in [1.82, 2.24) is 4.31 Å². The largest absolute Gasteiger partial charge is 0.464 e. The zero-order chi connectivity index (χ0) is 13.3. The molecule has 0 bridgehead atoms. The van der Waals surface area contributed by atoms with Crippen LogP contribution in [0.2, 0.25) is 0 Å². The first kappa shape index (κ1) is 13.5. The second kappa shape index (κ2) is 5.00. The minimum atomic E-state index is -3.51. The van der Waals surface area contributed by atoms with Crippen LogP contribution in [0.3, 0.4) is 0 Å². The molecule has 1 fully saturated rings. The van der Waals surface area contributed by atoms with Crippen LogP contribution in [-0.4, -0.2) is 38.5 Å². The van der Waals surface area contributed by atoms with Crippen LogP contribution in [0, 0.1) is 6.92 Å². The Balaban J connectivity index is 2.32. The molecule has 0 spiro atoms. The summed E-state index contributed by atoms with van der Waals surface area (Å²) in [5.74, 6) is 0.863. The van der Waals surface area contributed by atoms with Crippen LogP contribution in [0.5, 0.6) is 0 Å². The van der Waals surface area contributed by atoms with Gasteiger partial charge in [-0.1, -0.05) is 0 Å². The van der Waals surface area contributed by atoms with Crippen LogP contribution < -0.4 is 5.73 Å². The monoisotopic (exact) mass is 274 g/mol. The SMILES string of the molecule is Cc1oc(CN)cc1S(=O)(=O)N1CCOC(C)C1. The molecule has 2 rings (SSSR count). The summed E-state index contributed by atoms with van der Waals surface area (Å²) < 4.78 is 37.0. The third kappa shape index (κ3) is 2.44. The maximum absolute atomic E-state index is 12.5. The van der Waals surface area contributed by atoms with Crippen molar-refractivity contribution in [1.29, 1.82) is 0 Å². The zero-order valence-electron chi connectivity index (χ0n) is 10.5. The number of furan rings is 1. The second-order valence-electron chi connectivity index (χ2n) is 4.38. The fraction of sp³-hybridized carbons (Fsp3) is 0.636. The van der Waals surface area contributed by atoms with E-state index >= 15 is 0 Å². The van der Waals surface area contributed by atoms with Crippen LogP contribution in [0.1, 0.15) is 18.4 Å². The van der Waals surface area contributed by atoms with Crippen molar-refractivity contribution in [3.05, 3.63) is 17.6 Å². The van der Waals surface area contributed by atoms with E-state index < -0.39 is 10.0 Å². The Hall–Kier alpha value is -0.890. The van der Waals surface area contributed by atoms with Crippen molar-refractivity contribution in [2.24, 2.45) is 5.73 Å². The topological polar surface area (TPSA) is 85.8 Å². The number of sulfonamides is 1. The Morgan fingerprint density at radius 1 is 1.56 bits per heavy atom. The fourth-order valence-corrected chi connectivity index (χ4v) is 3.71. The Morgan fingerprint density at radius 3 is 2.83 bits per heavy atom. The summed E-state index contributed by atoms with van der Waals surface area (Å²) in [5.41, 5.74) is 5.45. The van der Waals surface area contributed by atoms with Gasteiger partial charge in [0.05, 0.1) is 19.3 Å². The second-order valence-corrected chi connectivity index (χ2v) is 6.29. The van der Waals surface area contributed by atoms with Crippen molar-refractivity contribution < 1.29 is 17.6 Å². The van der Waals surface area contributed by atoms with Gasteiger partial charge in [-0.15, -0.1) is 0 Å². The fourth-order valence-electron chi connectivity index (χ4n) is 2.02. The molecule has 2 N–H and O–H groups in total. The molecule has 1 aliphatic heterocycles. The highest BCUT2D eigenvalue weighted by Crippen LogP contribution is 2.24. The van der Waals surface area contributed by atoms with Crippen molar-refractivity contribution in [3.8, 4) is 0 Å². The standard InChI is InChI=1S/C11H18N2O4S/c1-8-7-13(3-4-16-8)18(14,15)11-5-10(6-12)17-9(11)2/h5,8H,3-4,6-7,12H2,1-2H3. The lowest BCUT2D eigenvalue weighted by Gasteiger charge is -2.30. The summed E-state index contributed by atoms with van der Waals surface area (Å²) in [4.78, 5) is 0.206. The van der Waals surface area contributed by atoms with E-state index in [2.05, 4.69) is 0 Å². The van der Waals surface area contributed by atoms with Crippen LogP contribution in [0.15, 0.2) is 15.4 Å². The number of morpholine rings is 1. The van der Waals surface area contributed by atoms with E-state index in [1.165, 1.54) is 10.4 Å². The summed E-state index contributed by atoms with van der Waals surface area (Å²) in [6.07, 6.45) is -0.0882. The van der Waals surface area contributed by atoms with Gasteiger partial charge in [0.15, 0.2) is 0 Å². The predicted molar refractivity (Wildman–Crippen MR) is 65.5 cm³/mol. The quantitative estimate of drug-likeness (QED) is 0.865. The highest BCUT2D eigenvalue weighted by molar-refractivity contribution is 7.89. The Kier molecular flexibility index (Phi) is 3.76. The van der Waals surface area contributed by atoms with E-state index in [9.17, 15) is 8.42 Å². The van der Waals surface area contributed by atoms with Gasteiger partial charge in [0.25, 0.3) is 0 Å². The number of rotatable bonds is 3. The van der Waals surface area contributed by atoms with Crippen LogP contribution in [0.4, 0.5) is 0 Å². The van der Waals surface area contributed by atoms with Crippen molar-refractivity contribution in [2.45, 2.75) is 31.4 Å². The Bertz CT molecular complexity index is 523. The molecule has 1 aromatic rings. The summed E-state index contributed by atoms with van der Waals surface area (Å²) >= 11 is 0. The number of nitrogens with zero attached hydrogens (tertiary/aromatic N) is 1. The zero-order valence-corrected chi connectivity index (χ0v) is 11.4. The Labute approximate surface area is 107 Å². The smallest absolute Gasteiger partial charge is 0.246 e. The first-order chi connectivity index (χ1) is 8.45. The average molecular weight is 274 g/mol. The molecule has 1 aliphatic rings. The van der Waals surface area contributed by atoms with Gasteiger partial charge >= 0.3 is 0 Å². The number of hydrogen-bond donors (Lipinski definition) is 1. The van der Waals surface area contributed by atoms with Gasteiger partial charge in [-0.2, -0.15) is 4.31 Å². The molecule has 7 heteroatoms. The molecule has 1 unspecified atom stereocenters. The van der Waals surface area contributed by atoms with Crippen LogP contribution in [0.25, 0.3) is 0 Å². The summed E-state index contributed by atoms with van der Waals surface area (Å²) in [5, 5.41) is 0. The molecule has 102 valence electrons. The van der Waals surface area contributed by atoms with E-state index in [4.69, 9.17) is 14.9 Å².